The second kappa shape index (κ2) is 9.01. The lowest BCUT2D eigenvalue weighted by molar-refractivity contribution is -0.164. The standard InChI is InChI=1S/C6H12O7.C4H7N5/c7-1-2(8)3(9)4(10)5(11)6(12)13;1-2-7-3(5)9-4(6)8-2/h2-5,7-11H,1H2,(H,12,13);1H3,(H4,5,6,7,8,9)/t2-,3-,4+,5-;/m1./s1. The topological polar surface area (TPSA) is 229 Å². The molecule has 0 aliphatic rings. The number of hydrogen-bond acceptors (Lipinski definition) is 11. The van der Waals surface area contributed by atoms with Crippen molar-refractivity contribution in [2.45, 2.75) is 31.3 Å². The number of nitrogens with zero attached hydrogens (tertiary/aromatic N) is 3. The largest absolute Gasteiger partial charge is 0.479 e. The number of carboxylic acids is 1. The first kappa shape index (κ1) is 19.9. The number of anilines is 2. The molecule has 0 unspecified atom stereocenters. The third-order valence-electron chi connectivity index (χ3n) is 2.29. The SMILES string of the molecule is Cc1nc(N)nc(N)n1.O=C(O)[C@H](O)[C@@H](O)[C@H](O)[C@H](O)CO. The maximum Gasteiger partial charge on any atom is 0.335 e. The third kappa shape index (κ3) is 6.55. The molecule has 0 aliphatic heterocycles. The zero-order valence-electron chi connectivity index (χ0n) is 11.6. The number of rotatable bonds is 5. The summed E-state index contributed by atoms with van der Waals surface area (Å²) in [4.78, 5) is 21.1. The van der Waals surface area contributed by atoms with Crippen molar-refractivity contribution in [2.24, 2.45) is 0 Å². The summed E-state index contributed by atoms with van der Waals surface area (Å²) >= 11 is 0. The van der Waals surface area contributed by atoms with Crippen LogP contribution in [0.4, 0.5) is 11.9 Å². The second-order valence-electron chi connectivity index (χ2n) is 4.11. The summed E-state index contributed by atoms with van der Waals surface area (Å²) in [6, 6.07) is 0. The van der Waals surface area contributed by atoms with Crippen molar-refractivity contribution in [3.8, 4) is 0 Å². The van der Waals surface area contributed by atoms with E-state index in [1.807, 2.05) is 0 Å². The predicted octanol–water partition coefficient (Wildman–Crippen LogP) is -4.15. The van der Waals surface area contributed by atoms with E-state index >= 15 is 0 Å². The van der Waals surface area contributed by atoms with Crippen molar-refractivity contribution in [1.29, 1.82) is 0 Å². The van der Waals surface area contributed by atoms with Gasteiger partial charge in [-0.1, -0.05) is 0 Å². The molecule has 0 aliphatic carbocycles. The van der Waals surface area contributed by atoms with Crippen LogP contribution in [0.25, 0.3) is 0 Å². The number of hydrogen-bond donors (Lipinski definition) is 8. The maximum atomic E-state index is 10.1. The third-order valence-corrected chi connectivity index (χ3v) is 2.29. The van der Waals surface area contributed by atoms with Gasteiger partial charge in [-0.3, -0.25) is 0 Å². The van der Waals surface area contributed by atoms with Crippen LogP contribution in [0.5, 0.6) is 0 Å². The molecule has 0 spiro atoms. The Morgan fingerprint density at radius 2 is 1.50 bits per heavy atom. The lowest BCUT2D eigenvalue weighted by atomic mass is 10.0. The molecule has 0 amide bonds. The van der Waals surface area contributed by atoms with Gasteiger partial charge in [0, 0.05) is 0 Å². The van der Waals surface area contributed by atoms with Gasteiger partial charge in [-0.2, -0.15) is 15.0 Å². The first-order valence-corrected chi connectivity index (χ1v) is 5.89. The van der Waals surface area contributed by atoms with Gasteiger partial charge in [-0.05, 0) is 6.92 Å². The van der Waals surface area contributed by atoms with E-state index in [2.05, 4.69) is 15.0 Å². The van der Waals surface area contributed by atoms with Gasteiger partial charge in [0.25, 0.3) is 0 Å². The van der Waals surface area contributed by atoms with Crippen LogP contribution in [0.2, 0.25) is 0 Å². The molecule has 1 rings (SSSR count). The number of aliphatic hydroxyl groups excluding tert-OH is 5. The summed E-state index contributed by atoms with van der Waals surface area (Å²) < 4.78 is 0. The summed E-state index contributed by atoms with van der Waals surface area (Å²) in [5, 5.41) is 51.8. The number of nitrogen functional groups attached to an aromatic ring is 2. The van der Waals surface area contributed by atoms with Gasteiger partial charge in [0.1, 0.15) is 24.1 Å². The minimum absolute atomic E-state index is 0.167. The second-order valence-corrected chi connectivity index (χ2v) is 4.11. The van der Waals surface area contributed by atoms with Crippen molar-refractivity contribution in [2.75, 3.05) is 18.1 Å². The number of aromatic nitrogens is 3. The van der Waals surface area contributed by atoms with Crippen LogP contribution in [-0.4, -0.2) is 82.6 Å². The summed E-state index contributed by atoms with van der Waals surface area (Å²) in [7, 11) is 0. The van der Waals surface area contributed by atoms with E-state index in [9.17, 15) is 4.79 Å². The van der Waals surface area contributed by atoms with Gasteiger partial charge in [-0.25, -0.2) is 4.79 Å². The van der Waals surface area contributed by atoms with Crippen molar-refractivity contribution in [3.05, 3.63) is 5.82 Å². The predicted molar refractivity (Wildman–Crippen MR) is 72.1 cm³/mol. The zero-order chi connectivity index (χ0) is 17.4. The molecule has 1 aromatic heterocycles. The average molecular weight is 321 g/mol. The van der Waals surface area contributed by atoms with Gasteiger partial charge < -0.3 is 42.1 Å². The highest BCUT2D eigenvalue weighted by Crippen LogP contribution is 2.04. The first-order valence-electron chi connectivity index (χ1n) is 5.89. The Bertz CT molecular complexity index is 438. The van der Waals surface area contributed by atoms with E-state index in [0.717, 1.165) is 0 Å². The van der Waals surface area contributed by atoms with Crippen LogP contribution in [0, 0.1) is 6.92 Å². The molecule has 4 atom stereocenters. The van der Waals surface area contributed by atoms with Crippen LogP contribution >= 0.6 is 0 Å². The molecular formula is C10H19N5O7. The molecule has 0 fully saturated rings. The molecule has 1 aromatic rings. The average Bonchev–Trinajstić information content (AvgIpc) is 2.43. The molecule has 1 heterocycles. The Labute approximate surface area is 124 Å². The molecule has 0 saturated carbocycles. The Hall–Kier alpha value is -2.12. The first-order chi connectivity index (χ1) is 10.1. The number of aliphatic carboxylic acids is 1. The highest BCUT2D eigenvalue weighted by Gasteiger charge is 2.33. The lowest BCUT2D eigenvalue weighted by Crippen LogP contribution is -2.48. The van der Waals surface area contributed by atoms with Crippen LogP contribution in [0.1, 0.15) is 5.82 Å². The van der Waals surface area contributed by atoms with Crippen LogP contribution in [0.3, 0.4) is 0 Å². The van der Waals surface area contributed by atoms with Gasteiger partial charge in [-0.15, -0.1) is 0 Å². The number of carboxylic acid groups (broad SMARTS) is 1. The van der Waals surface area contributed by atoms with Gasteiger partial charge in [0.05, 0.1) is 6.61 Å². The van der Waals surface area contributed by atoms with E-state index < -0.39 is 37.0 Å². The monoisotopic (exact) mass is 321 g/mol. The van der Waals surface area contributed by atoms with Crippen LogP contribution in [-0.2, 0) is 4.79 Å². The number of aryl methyl sites for hydroxylation is 1. The highest BCUT2D eigenvalue weighted by molar-refractivity contribution is 5.72. The Morgan fingerprint density at radius 3 is 1.82 bits per heavy atom. The molecule has 0 bridgehead atoms. The molecule has 12 nitrogen and oxygen atoms in total. The summed E-state index contributed by atoms with van der Waals surface area (Å²) in [5.74, 6) is -0.850. The molecule has 0 radical (unpaired) electrons. The Balaban J connectivity index is 0.000000425. The molecule has 22 heavy (non-hydrogen) atoms. The maximum absolute atomic E-state index is 10.1. The molecule has 12 heteroatoms. The van der Waals surface area contributed by atoms with E-state index in [1.54, 1.807) is 6.92 Å². The smallest absolute Gasteiger partial charge is 0.335 e. The number of nitrogens with two attached hydrogens (primary N) is 2. The van der Waals surface area contributed by atoms with Crippen LogP contribution < -0.4 is 11.5 Å². The Morgan fingerprint density at radius 1 is 1.05 bits per heavy atom. The van der Waals surface area contributed by atoms with E-state index in [4.69, 9.17) is 42.1 Å². The quantitative estimate of drug-likeness (QED) is 0.258. The van der Waals surface area contributed by atoms with Crippen molar-refractivity contribution < 1.29 is 35.4 Å². The highest BCUT2D eigenvalue weighted by atomic mass is 16.4. The number of carbonyl (C=O) groups is 1. The van der Waals surface area contributed by atoms with Crippen molar-refractivity contribution in [3.63, 3.8) is 0 Å². The van der Waals surface area contributed by atoms with Gasteiger partial charge in [0.2, 0.25) is 11.9 Å². The molecule has 0 aromatic carbocycles. The zero-order valence-corrected chi connectivity index (χ0v) is 11.6. The summed E-state index contributed by atoms with van der Waals surface area (Å²) in [5.41, 5.74) is 10.4. The normalized spacial score (nSPS) is 15.9. The van der Waals surface area contributed by atoms with Gasteiger partial charge in [0.15, 0.2) is 6.10 Å². The van der Waals surface area contributed by atoms with E-state index in [0.29, 0.717) is 5.82 Å². The summed E-state index contributed by atoms with van der Waals surface area (Å²) in [6.07, 6.45) is -7.84. The fourth-order valence-electron chi connectivity index (χ4n) is 1.19. The van der Waals surface area contributed by atoms with Crippen molar-refractivity contribution in [1.82, 2.24) is 15.0 Å². The van der Waals surface area contributed by atoms with E-state index in [-0.39, 0.29) is 11.9 Å². The summed E-state index contributed by atoms with van der Waals surface area (Å²) in [6.45, 7) is 0.860. The lowest BCUT2D eigenvalue weighted by Gasteiger charge is -2.23. The van der Waals surface area contributed by atoms with Crippen molar-refractivity contribution >= 4 is 17.9 Å². The van der Waals surface area contributed by atoms with Gasteiger partial charge >= 0.3 is 5.97 Å². The minimum Gasteiger partial charge on any atom is -0.479 e. The molecular weight excluding hydrogens is 302 g/mol. The van der Waals surface area contributed by atoms with Crippen LogP contribution in [0.15, 0.2) is 0 Å². The minimum atomic E-state index is -2.20. The number of aliphatic hydroxyl groups is 5. The molecule has 126 valence electrons. The Kier molecular flexibility index (Phi) is 8.14. The van der Waals surface area contributed by atoms with E-state index in [1.165, 1.54) is 0 Å². The fraction of sp³-hybridized carbons (Fsp3) is 0.600. The fourth-order valence-corrected chi connectivity index (χ4v) is 1.19. The molecule has 0 saturated heterocycles. The molecule has 10 N–H and O–H groups in total.